The number of fused-ring (bicyclic) bond motifs is 1. The summed E-state index contributed by atoms with van der Waals surface area (Å²) in [4.78, 5) is 14.9. The highest BCUT2D eigenvalue weighted by Crippen LogP contribution is 2.41. The molecule has 1 amide bonds. The fraction of sp³-hybridized carbons (Fsp3) is 0.588. The summed E-state index contributed by atoms with van der Waals surface area (Å²) in [5.41, 5.74) is 3.59. The lowest BCUT2D eigenvalue weighted by Crippen LogP contribution is -2.41. The minimum atomic E-state index is 0.169. The summed E-state index contributed by atoms with van der Waals surface area (Å²) in [6.45, 7) is 6.53. The summed E-state index contributed by atoms with van der Waals surface area (Å²) < 4.78 is 0. The van der Waals surface area contributed by atoms with Crippen molar-refractivity contribution in [2.45, 2.75) is 51.5 Å². The van der Waals surface area contributed by atoms with Crippen LogP contribution in [0.25, 0.3) is 0 Å². The van der Waals surface area contributed by atoms with E-state index in [1.807, 2.05) is 6.07 Å². The lowest BCUT2D eigenvalue weighted by Gasteiger charge is -2.31. The highest BCUT2D eigenvalue weighted by atomic mass is 16.1. The van der Waals surface area contributed by atoms with Gasteiger partial charge in [-0.05, 0) is 75.9 Å². The molecule has 3 nitrogen and oxygen atoms in total. The zero-order chi connectivity index (χ0) is 14.2. The van der Waals surface area contributed by atoms with Crippen molar-refractivity contribution in [3.05, 3.63) is 29.3 Å². The maximum Gasteiger partial charge on any atom is 0.226 e. The fourth-order valence-corrected chi connectivity index (χ4v) is 3.84. The van der Waals surface area contributed by atoms with Crippen LogP contribution in [0.1, 0.15) is 43.2 Å². The predicted molar refractivity (Wildman–Crippen MR) is 81.9 cm³/mol. The largest absolute Gasteiger partial charge is 0.326 e. The molecule has 0 unspecified atom stereocenters. The maximum absolute atomic E-state index is 12.4. The minimum absolute atomic E-state index is 0.169. The van der Waals surface area contributed by atoms with Gasteiger partial charge in [0, 0.05) is 17.6 Å². The quantitative estimate of drug-likeness (QED) is 0.916. The third-order valence-corrected chi connectivity index (χ3v) is 5.09. The van der Waals surface area contributed by atoms with Crippen molar-refractivity contribution in [1.82, 2.24) is 4.90 Å². The van der Waals surface area contributed by atoms with E-state index in [0.29, 0.717) is 6.42 Å². The highest BCUT2D eigenvalue weighted by Gasteiger charge is 2.45. The lowest BCUT2D eigenvalue weighted by atomic mass is 9.90. The van der Waals surface area contributed by atoms with E-state index < -0.39 is 0 Å². The molecule has 0 atom stereocenters. The van der Waals surface area contributed by atoms with E-state index in [4.69, 9.17) is 0 Å². The van der Waals surface area contributed by atoms with Gasteiger partial charge in [-0.1, -0.05) is 6.07 Å². The van der Waals surface area contributed by atoms with Crippen molar-refractivity contribution in [1.29, 1.82) is 0 Å². The van der Waals surface area contributed by atoms with E-state index in [-0.39, 0.29) is 11.4 Å². The average molecular weight is 272 g/mol. The lowest BCUT2D eigenvalue weighted by molar-refractivity contribution is -0.118. The Kier molecular flexibility index (Phi) is 3.55. The molecular weight excluding hydrogens is 248 g/mol. The van der Waals surface area contributed by atoms with Crippen molar-refractivity contribution in [2.24, 2.45) is 0 Å². The second-order valence-corrected chi connectivity index (χ2v) is 6.44. The topological polar surface area (TPSA) is 32.3 Å². The first-order chi connectivity index (χ1) is 9.59. The van der Waals surface area contributed by atoms with Gasteiger partial charge in [-0.3, -0.25) is 9.69 Å². The van der Waals surface area contributed by atoms with Gasteiger partial charge in [0.05, 0.1) is 0 Å². The minimum Gasteiger partial charge on any atom is -0.326 e. The van der Waals surface area contributed by atoms with Crippen LogP contribution in [0, 0.1) is 13.8 Å². The number of benzene rings is 1. The summed E-state index contributed by atoms with van der Waals surface area (Å²) in [6, 6.07) is 6.13. The summed E-state index contributed by atoms with van der Waals surface area (Å²) in [5, 5.41) is 3.08. The van der Waals surface area contributed by atoms with E-state index in [1.165, 1.54) is 49.9 Å². The van der Waals surface area contributed by atoms with Gasteiger partial charge in [0.15, 0.2) is 0 Å². The first-order valence-corrected chi connectivity index (χ1v) is 7.71. The normalized spacial score (nSPS) is 20.9. The Morgan fingerprint density at radius 3 is 2.55 bits per heavy atom. The molecule has 20 heavy (non-hydrogen) atoms. The number of carbonyl (C=O) groups is 1. The summed E-state index contributed by atoms with van der Waals surface area (Å²) >= 11 is 0. The Morgan fingerprint density at radius 2 is 1.90 bits per heavy atom. The number of carbonyl (C=O) groups excluding carboxylic acids is 1. The van der Waals surface area contributed by atoms with Crippen molar-refractivity contribution in [3.8, 4) is 0 Å². The van der Waals surface area contributed by atoms with Crippen molar-refractivity contribution >= 4 is 11.6 Å². The number of rotatable bonds is 3. The molecule has 0 radical (unpaired) electrons. The molecule has 2 saturated heterocycles. The molecule has 3 rings (SSSR count). The SMILES string of the molecule is Cc1ccc(NC(=O)CC23CCCN2CCC3)cc1C. The zero-order valence-corrected chi connectivity index (χ0v) is 12.5. The molecule has 0 spiro atoms. The third kappa shape index (κ3) is 2.47. The van der Waals surface area contributed by atoms with Crippen LogP contribution in [0.3, 0.4) is 0 Å². The molecule has 1 aromatic rings. The third-order valence-electron chi connectivity index (χ3n) is 5.09. The molecule has 1 aromatic carbocycles. The number of nitrogens with one attached hydrogen (secondary N) is 1. The van der Waals surface area contributed by atoms with Crippen LogP contribution in [0.5, 0.6) is 0 Å². The van der Waals surface area contributed by atoms with Crippen LogP contribution in [-0.2, 0) is 4.79 Å². The molecule has 0 saturated carbocycles. The van der Waals surface area contributed by atoms with E-state index in [1.54, 1.807) is 0 Å². The van der Waals surface area contributed by atoms with Crippen LogP contribution in [0.2, 0.25) is 0 Å². The summed E-state index contributed by atoms with van der Waals surface area (Å²) in [7, 11) is 0. The number of amides is 1. The molecule has 3 heteroatoms. The molecule has 2 heterocycles. The van der Waals surface area contributed by atoms with Crippen LogP contribution in [-0.4, -0.2) is 29.4 Å². The molecule has 2 fully saturated rings. The maximum atomic E-state index is 12.4. The highest BCUT2D eigenvalue weighted by molar-refractivity contribution is 5.91. The van der Waals surface area contributed by atoms with Gasteiger partial charge in [-0.2, -0.15) is 0 Å². The first kappa shape index (κ1) is 13.6. The van der Waals surface area contributed by atoms with E-state index in [0.717, 1.165) is 5.69 Å². The van der Waals surface area contributed by atoms with Crippen LogP contribution in [0.15, 0.2) is 18.2 Å². The molecule has 1 N–H and O–H groups in total. The molecule has 108 valence electrons. The molecule has 2 aliphatic heterocycles. The number of hydrogen-bond donors (Lipinski definition) is 1. The van der Waals surface area contributed by atoms with Gasteiger partial charge in [0.2, 0.25) is 5.91 Å². The average Bonchev–Trinajstić information content (AvgIpc) is 2.92. The van der Waals surface area contributed by atoms with Crippen molar-refractivity contribution < 1.29 is 4.79 Å². The number of hydrogen-bond acceptors (Lipinski definition) is 2. The standard InChI is InChI=1S/C17H24N2O/c1-13-5-6-15(11-14(13)2)18-16(20)12-17-7-3-9-19(17)10-4-8-17/h5-6,11H,3-4,7-10,12H2,1-2H3,(H,18,20). The molecule has 0 aromatic heterocycles. The summed E-state index contributed by atoms with van der Waals surface area (Å²) in [5.74, 6) is 0.169. The monoisotopic (exact) mass is 272 g/mol. The van der Waals surface area contributed by atoms with Gasteiger partial charge >= 0.3 is 0 Å². The molecule has 2 aliphatic rings. The Morgan fingerprint density at radius 1 is 1.20 bits per heavy atom. The van der Waals surface area contributed by atoms with Gasteiger partial charge in [0.25, 0.3) is 0 Å². The van der Waals surface area contributed by atoms with Gasteiger partial charge in [0.1, 0.15) is 0 Å². The smallest absolute Gasteiger partial charge is 0.226 e. The second kappa shape index (κ2) is 5.21. The molecule has 0 aliphatic carbocycles. The zero-order valence-electron chi connectivity index (χ0n) is 12.5. The van der Waals surface area contributed by atoms with Gasteiger partial charge < -0.3 is 5.32 Å². The van der Waals surface area contributed by atoms with E-state index in [9.17, 15) is 4.79 Å². The Labute approximate surface area is 121 Å². The second-order valence-electron chi connectivity index (χ2n) is 6.44. The van der Waals surface area contributed by atoms with Crippen LogP contribution in [0.4, 0.5) is 5.69 Å². The predicted octanol–water partition coefficient (Wildman–Crippen LogP) is 3.26. The fourth-order valence-electron chi connectivity index (χ4n) is 3.84. The number of anilines is 1. The summed E-state index contributed by atoms with van der Waals surface area (Å²) in [6.07, 6.45) is 5.52. The Hall–Kier alpha value is -1.35. The van der Waals surface area contributed by atoms with E-state index >= 15 is 0 Å². The number of aryl methyl sites for hydroxylation is 2. The molecular formula is C17H24N2O. The van der Waals surface area contributed by atoms with Crippen molar-refractivity contribution in [2.75, 3.05) is 18.4 Å². The Bertz CT molecular complexity index is 514. The van der Waals surface area contributed by atoms with Gasteiger partial charge in [-0.25, -0.2) is 0 Å². The molecule has 0 bridgehead atoms. The number of nitrogens with zero attached hydrogens (tertiary/aromatic N) is 1. The first-order valence-electron chi connectivity index (χ1n) is 7.71. The Balaban J connectivity index is 1.66. The van der Waals surface area contributed by atoms with Crippen molar-refractivity contribution in [3.63, 3.8) is 0 Å². The van der Waals surface area contributed by atoms with Crippen LogP contribution < -0.4 is 5.32 Å². The van der Waals surface area contributed by atoms with Crippen LogP contribution >= 0.6 is 0 Å². The van der Waals surface area contributed by atoms with Gasteiger partial charge in [-0.15, -0.1) is 0 Å². The van der Waals surface area contributed by atoms with E-state index in [2.05, 4.69) is 36.2 Å².